The molecule has 0 aliphatic carbocycles. The number of carbonyl (C=O) groups is 1. The van der Waals surface area contributed by atoms with Crippen LogP contribution in [-0.4, -0.2) is 10.9 Å². The van der Waals surface area contributed by atoms with Crippen LogP contribution >= 0.6 is 0 Å². The summed E-state index contributed by atoms with van der Waals surface area (Å²) in [5.74, 6) is -0.136. The minimum atomic E-state index is -0.136. The summed E-state index contributed by atoms with van der Waals surface area (Å²) < 4.78 is 0. The molecule has 0 saturated heterocycles. The Bertz CT molecular complexity index is 940. The molecule has 26 heavy (non-hydrogen) atoms. The molecule has 1 amide bonds. The number of nitrogens with zero attached hydrogens (tertiary/aromatic N) is 1. The molecule has 4 heteroatoms. The first-order chi connectivity index (χ1) is 12.2. The lowest BCUT2D eigenvalue weighted by molar-refractivity contribution is 0.0939. The molecule has 0 fully saturated rings. The topological polar surface area (TPSA) is 68.0 Å². The van der Waals surface area contributed by atoms with E-state index in [0.29, 0.717) is 11.3 Å². The van der Waals surface area contributed by atoms with Crippen LogP contribution in [0.25, 0.3) is 10.9 Å². The maximum Gasteiger partial charge on any atom is 0.253 e. The number of benzene rings is 2. The van der Waals surface area contributed by atoms with Crippen molar-refractivity contribution in [3.8, 4) is 0 Å². The molecule has 1 atom stereocenters. The lowest BCUT2D eigenvalue weighted by atomic mass is 9.86. The maximum atomic E-state index is 12.6. The predicted molar refractivity (Wildman–Crippen MR) is 107 cm³/mol. The van der Waals surface area contributed by atoms with Crippen molar-refractivity contribution in [1.82, 2.24) is 10.3 Å². The fourth-order valence-electron chi connectivity index (χ4n) is 2.86. The lowest BCUT2D eigenvalue weighted by Crippen LogP contribution is -2.26. The van der Waals surface area contributed by atoms with E-state index < -0.39 is 0 Å². The predicted octanol–water partition coefficient (Wildman–Crippen LogP) is 4.61. The normalized spacial score (nSPS) is 12.8. The summed E-state index contributed by atoms with van der Waals surface area (Å²) in [5, 5.41) is 3.98. The molecule has 1 heterocycles. The highest BCUT2D eigenvalue weighted by molar-refractivity contribution is 5.97. The zero-order valence-corrected chi connectivity index (χ0v) is 15.7. The smallest absolute Gasteiger partial charge is 0.253 e. The quantitative estimate of drug-likeness (QED) is 0.680. The van der Waals surface area contributed by atoms with E-state index in [2.05, 4.69) is 43.2 Å². The van der Waals surface area contributed by atoms with E-state index in [4.69, 9.17) is 5.73 Å². The van der Waals surface area contributed by atoms with E-state index in [9.17, 15) is 4.79 Å². The fraction of sp³-hybridized carbons (Fsp3) is 0.273. The van der Waals surface area contributed by atoms with Crippen molar-refractivity contribution in [1.29, 1.82) is 0 Å². The van der Waals surface area contributed by atoms with Gasteiger partial charge < -0.3 is 11.1 Å². The Morgan fingerprint density at radius 3 is 2.42 bits per heavy atom. The first-order valence-corrected chi connectivity index (χ1v) is 8.80. The molecule has 0 bridgehead atoms. The van der Waals surface area contributed by atoms with Crippen molar-refractivity contribution in [3.63, 3.8) is 0 Å². The van der Waals surface area contributed by atoms with Gasteiger partial charge in [-0.05, 0) is 47.7 Å². The Kier molecular flexibility index (Phi) is 4.68. The minimum absolute atomic E-state index is 0.0699. The van der Waals surface area contributed by atoms with Gasteiger partial charge in [-0.1, -0.05) is 45.0 Å². The Morgan fingerprint density at radius 1 is 1.08 bits per heavy atom. The van der Waals surface area contributed by atoms with Gasteiger partial charge >= 0.3 is 0 Å². The van der Waals surface area contributed by atoms with Crippen LogP contribution in [0.1, 0.15) is 55.2 Å². The van der Waals surface area contributed by atoms with Gasteiger partial charge in [0, 0.05) is 17.3 Å². The van der Waals surface area contributed by atoms with Gasteiger partial charge in [0.2, 0.25) is 0 Å². The van der Waals surface area contributed by atoms with Crippen molar-refractivity contribution >= 4 is 22.5 Å². The van der Waals surface area contributed by atoms with Crippen molar-refractivity contribution in [3.05, 3.63) is 71.4 Å². The number of nitrogen functional groups attached to an aromatic ring is 1. The number of anilines is 1. The summed E-state index contributed by atoms with van der Waals surface area (Å²) >= 11 is 0. The molecule has 0 aliphatic rings. The summed E-state index contributed by atoms with van der Waals surface area (Å²) in [7, 11) is 0. The summed E-state index contributed by atoms with van der Waals surface area (Å²) in [6.07, 6.45) is 1.64. The second-order valence-corrected chi connectivity index (χ2v) is 7.74. The number of rotatable bonds is 3. The summed E-state index contributed by atoms with van der Waals surface area (Å²) in [6.45, 7) is 8.48. The van der Waals surface area contributed by atoms with E-state index in [1.807, 2.05) is 43.3 Å². The van der Waals surface area contributed by atoms with Crippen LogP contribution in [-0.2, 0) is 5.41 Å². The third kappa shape index (κ3) is 3.85. The maximum absolute atomic E-state index is 12.6. The molecule has 0 aliphatic heterocycles. The number of hydrogen-bond donors (Lipinski definition) is 2. The minimum Gasteiger partial charge on any atom is -0.399 e. The summed E-state index contributed by atoms with van der Waals surface area (Å²) in [4.78, 5) is 17.1. The van der Waals surface area contributed by atoms with Crippen LogP contribution < -0.4 is 11.1 Å². The van der Waals surface area contributed by atoms with Crippen LogP contribution in [0.2, 0.25) is 0 Å². The molecule has 3 N–H and O–H groups in total. The third-order valence-electron chi connectivity index (χ3n) is 4.60. The molecule has 4 nitrogen and oxygen atoms in total. The first-order valence-electron chi connectivity index (χ1n) is 8.80. The molecule has 3 rings (SSSR count). The van der Waals surface area contributed by atoms with Crippen LogP contribution in [0.5, 0.6) is 0 Å². The molecule has 2 aromatic carbocycles. The number of carbonyl (C=O) groups excluding carboxylic acids is 1. The number of amides is 1. The zero-order valence-electron chi connectivity index (χ0n) is 15.7. The van der Waals surface area contributed by atoms with Crippen molar-refractivity contribution in [2.75, 3.05) is 5.73 Å². The average Bonchev–Trinajstić information content (AvgIpc) is 2.60. The largest absolute Gasteiger partial charge is 0.399 e. The van der Waals surface area contributed by atoms with Crippen LogP contribution in [0.4, 0.5) is 5.69 Å². The summed E-state index contributed by atoms with van der Waals surface area (Å²) in [5.41, 5.74) is 10.2. The first kappa shape index (κ1) is 17.9. The van der Waals surface area contributed by atoms with Crippen molar-refractivity contribution < 1.29 is 4.79 Å². The summed E-state index contributed by atoms with van der Waals surface area (Å²) in [6, 6.07) is 15.5. The number of pyridine rings is 1. The van der Waals surface area contributed by atoms with Gasteiger partial charge in [-0.2, -0.15) is 0 Å². The van der Waals surface area contributed by atoms with Gasteiger partial charge in [-0.15, -0.1) is 0 Å². The molecule has 0 spiro atoms. The van der Waals surface area contributed by atoms with E-state index in [-0.39, 0.29) is 17.4 Å². The number of fused-ring (bicyclic) bond motifs is 1. The number of aromatic nitrogens is 1. The molecular weight excluding hydrogens is 322 g/mol. The van der Waals surface area contributed by atoms with Crippen LogP contribution in [0, 0.1) is 0 Å². The number of nitrogens with one attached hydrogen (secondary N) is 1. The van der Waals surface area contributed by atoms with Crippen molar-refractivity contribution in [2.45, 2.75) is 39.2 Å². The van der Waals surface area contributed by atoms with Gasteiger partial charge in [0.25, 0.3) is 5.91 Å². The molecular formula is C22H25N3O. The van der Waals surface area contributed by atoms with Gasteiger partial charge in [-0.3, -0.25) is 9.78 Å². The van der Waals surface area contributed by atoms with Crippen molar-refractivity contribution in [2.24, 2.45) is 0 Å². The Labute approximate surface area is 154 Å². The molecule has 0 radical (unpaired) electrons. The molecule has 1 aromatic heterocycles. The molecule has 0 unspecified atom stereocenters. The standard InChI is InChI=1S/C22H25N3O/c1-14(15-6-9-19(23)10-7-15)25-21(26)17-11-16-5-8-18(22(2,3)4)12-20(16)24-13-17/h5-14H,23H2,1-4H3,(H,25,26)/t14-/m1/s1. The average molecular weight is 347 g/mol. The molecule has 134 valence electrons. The van der Waals surface area contributed by atoms with E-state index in [1.165, 1.54) is 5.56 Å². The van der Waals surface area contributed by atoms with E-state index >= 15 is 0 Å². The van der Waals surface area contributed by atoms with Gasteiger partial charge in [-0.25, -0.2) is 0 Å². The van der Waals surface area contributed by atoms with Crippen LogP contribution in [0.15, 0.2) is 54.7 Å². The second kappa shape index (κ2) is 6.79. The van der Waals surface area contributed by atoms with Gasteiger partial charge in [0.05, 0.1) is 17.1 Å². The Balaban J connectivity index is 1.81. The molecule has 0 saturated carbocycles. The Morgan fingerprint density at radius 2 is 1.77 bits per heavy atom. The highest BCUT2D eigenvalue weighted by Crippen LogP contribution is 2.25. The van der Waals surface area contributed by atoms with Gasteiger partial charge in [0.1, 0.15) is 0 Å². The number of hydrogen-bond acceptors (Lipinski definition) is 3. The third-order valence-corrected chi connectivity index (χ3v) is 4.60. The van der Waals surface area contributed by atoms with E-state index in [1.54, 1.807) is 6.20 Å². The second-order valence-electron chi connectivity index (χ2n) is 7.74. The molecule has 3 aromatic rings. The van der Waals surface area contributed by atoms with E-state index in [0.717, 1.165) is 16.5 Å². The number of nitrogens with two attached hydrogens (primary N) is 1. The zero-order chi connectivity index (χ0) is 18.9. The highest BCUT2D eigenvalue weighted by atomic mass is 16.1. The SMILES string of the molecule is C[C@@H](NC(=O)c1cnc2cc(C(C)(C)C)ccc2c1)c1ccc(N)cc1. The Hall–Kier alpha value is -2.88. The van der Waals surface area contributed by atoms with Gasteiger partial charge in [0.15, 0.2) is 0 Å². The lowest BCUT2D eigenvalue weighted by Gasteiger charge is -2.19. The monoisotopic (exact) mass is 347 g/mol. The fourth-order valence-corrected chi connectivity index (χ4v) is 2.86. The highest BCUT2D eigenvalue weighted by Gasteiger charge is 2.16. The van der Waals surface area contributed by atoms with Crippen LogP contribution in [0.3, 0.4) is 0 Å².